The zero-order valence-electron chi connectivity index (χ0n) is 12.2. The summed E-state index contributed by atoms with van der Waals surface area (Å²) < 4.78 is 30.8. The topological polar surface area (TPSA) is 121 Å². The van der Waals surface area contributed by atoms with Crippen molar-refractivity contribution in [3.05, 3.63) is 30.3 Å². The molecular weight excluding hydrogens is 346 g/mol. The molecule has 124 valence electrons. The third kappa shape index (κ3) is 4.33. The van der Waals surface area contributed by atoms with Crippen LogP contribution in [0, 0.1) is 0 Å². The zero-order valence-corrected chi connectivity index (χ0v) is 13.8. The second-order valence-corrected chi connectivity index (χ2v) is 6.64. The molecule has 1 unspecified atom stereocenters. The monoisotopic (exact) mass is 359 g/mol. The molecule has 0 saturated heterocycles. The number of aliphatic imine (C=N–C) groups is 2. The SMILES string of the molecule is COC1=NC(Cl)(NC(=O)NS(=O)(=O)c2ccccc2)NC(C)=N1. The molecule has 0 radical (unpaired) electrons. The summed E-state index contributed by atoms with van der Waals surface area (Å²) >= 11 is 6.09. The number of hydrogen-bond acceptors (Lipinski definition) is 7. The van der Waals surface area contributed by atoms with Crippen LogP contribution in [0.5, 0.6) is 0 Å². The predicted molar refractivity (Wildman–Crippen MR) is 84.6 cm³/mol. The van der Waals surface area contributed by atoms with Crippen molar-refractivity contribution in [2.45, 2.75) is 17.1 Å². The van der Waals surface area contributed by atoms with E-state index in [0.717, 1.165) is 0 Å². The average Bonchev–Trinajstić information content (AvgIpc) is 2.45. The Bertz CT molecular complexity index is 765. The van der Waals surface area contributed by atoms with Gasteiger partial charge in [0.2, 0.25) is 0 Å². The fourth-order valence-electron chi connectivity index (χ4n) is 1.70. The lowest BCUT2D eigenvalue weighted by Crippen LogP contribution is -2.59. The van der Waals surface area contributed by atoms with Crippen LogP contribution in [0.1, 0.15) is 6.92 Å². The summed E-state index contributed by atoms with van der Waals surface area (Å²) in [6.45, 7) is 1.57. The second kappa shape index (κ2) is 6.42. The Morgan fingerprint density at radius 1 is 1.35 bits per heavy atom. The number of methoxy groups -OCH3 is 1. The number of rotatable bonds is 3. The molecule has 1 aromatic carbocycles. The summed E-state index contributed by atoms with van der Waals surface area (Å²) in [7, 11) is -2.70. The van der Waals surface area contributed by atoms with E-state index in [1.807, 2.05) is 4.72 Å². The van der Waals surface area contributed by atoms with Gasteiger partial charge in [-0.2, -0.15) is 9.98 Å². The number of carbonyl (C=O) groups excluding carboxylic acids is 1. The maximum atomic E-state index is 12.1. The minimum absolute atomic E-state index is 0.0609. The first-order chi connectivity index (χ1) is 10.7. The number of ether oxygens (including phenoxy) is 1. The molecule has 11 heteroatoms. The van der Waals surface area contributed by atoms with Crippen LogP contribution in [0.4, 0.5) is 4.79 Å². The van der Waals surface area contributed by atoms with Gasteiger partial charge in [0.1, 0.15) is 5.84 Å². The standard InChI is InChI=1S/C12H14ClN5O4S/c1-8-14-11(22-2)17-12(13,15-8)16-10(19)18-23(20,21)9-6-4-3-5-7-9/h3-7H,1-2H3,(H,14,15,17)(H2,16,18,19). The molecule has 0 fully saturated rings. The van der Waals surface area contributed by atoms with Gasteiger partial charge in [-0.05, 0) is 30.7 Å². The maximum Gasteiger partial charge on any atom is 0.332 e. The van der Waals surface area contributed by atoms with Gasteiger partial charge in [0.15, 0.2) is 0 Å². The number of nitrogens with zero attached hydrogens (tertiary/aromatic N) is 2. The fraction of sp³-hybridized carbons (Fsp3) is 0.250. The molecule has 0 aliphatic carbocycles. The summed E-state index contributed by atoms with van der Waals surface area (Å²) in [5, 5.41) is 2.98. The molecule has 0 spiro atoms. The predicted octanol–water partition coefficient (Wildman–Crippen LogP) is 0.549. The van der Waals surface area contributed by atoms with Gasteiger partial charge in [0.25, 0.3) is 15.3 Å². The quantitative estimate of drug-likeness (QED) is 0.537. The van der Waals surface area contributed by atoms with E-state index in [4.69, 9.17) is 16.3 Å². The molecule has 1 aromatic rings. The first-order valence-corrected chi connectivity index (χ1v) is 8.16. The summed E-state index contributed by atoms with van der Waals surface area (Å²) in [5.74, 6) is 0.332. The van der Waals surface area contributed by atoms with Crippen molar-refractivity contribution < 1.29 is 17.9 Å². The number of carbonyl (C=O) groups is 1. The number of amidine groups is 2. The van der Waals surface area contributed by atoms with Crippen molar-refractivity contribution in [3.63, 3.8) is 0 Å². The number of nitrogens with one attached hydrogen (secondary N) is 3. The highest BCUT2D eigenvalue weighted by Crippen LogP contribution is 2.14. The van der Waals surface area contributed by atoms with E-state index < -0.39 is 21.3 Å². The number of halogens is 1. The summed E-state index contributed by atoms with van der Waals surface area (Å²) in [4.78, 5) is 19.6. The van der Waals surface area contributed by atoms with Crippen LogP contribution >= 0.6 is 11.6 Å². The fourth-order valence-corrected chi connectivity index (χ4v) is 2.93. The van der Waals surface area contributed by atoms with Gasteiger partial charge in [-0.1, -0.05) is 18.2 Å². The normalized spacial score (nSPS) is 20.7. The van der Waals surface area contributed by atoms with Crippen LogP contribution in [0.3, 0.4) is 0 Å². The van der Waals surface area contributed by atoms with E-state index in [-0.39, 0.29) is 10.9 Å². The highest BCUT2D eigenvalue weighted by molar-refractivity contribution is 7.90. The molecule has 0 bridgehead atoms. The molecule has 23 heavy (non-hydrogen) atoms. The van der Waals surface area contributed by atoms with E-state index in [1.165, 1.54) is 31.4 Å². The number of amides is 2. The van der Waals surface area contributed by atoms with E-state index in [0.29, 0.717) is 5.84 Å². The van der Waals surface area contributed by atoms with Crippen molar-refractivity contribution in [1.29, 1.82) is 0 Å². The Kier molecular flexibility index (Phi) is 4.76. The van der Waals surface area contributed by atoms with Gasteiger partial charge >= 0.3 is 12.1 Å². The molecule has 1 aliphatic rings. The highest BCUT2D eigenvalue weighted by Gasteiger charge is 2.34. The number of sulfonamides is 1. The molecule has 2 rings (SSSR count). The minimum Gasteiger partial charge on any atom is -0.467 e. The molecule has 0 saturated carbocycles. The Morgan fingerprint density at radius 3 is 2.61 bits per heavy atom. The minimum atomic E-state index is -4.03. The van der Waals surface area contributed by atoms with Crippen LogP contribution in [0.2, 0.25) is 0 Å². The number of alkyl halides is 1. The van der Waals surface area contributed by atoms with E-state index in [2.05, 4.69) is 20.6 Å². The van der Waals surface area contributed by atoms with Gasteiger partial charge in [0, 0.05) is 0 Å². The van der Waals surface area contributed by atoms with Crippen molar-refractivity contribution in [1.82, 2.24) is 15.4 Å². The van der Waals surface area contributed by atoms with Crippen molar-refractivity contribution >= 4 is 39.5 Å². The lowest BCUT2D eigenvalue weighted by molar-refractivity contribution is 0.238. The molecule has 2 amide bonds. The number of urea groups is 1. The summed E-state index contributed by atoms with van der Waals surface area (Å²) in [6.07, 6.45) is 0. The Hall–Kier alpha value is -2.33. The van der Waals surface area contributed by atoms with Crippen molar-refractivity contribution in [3.8, 4) is 0 Å². The zero-order chi connectivity index (χ0) is 17.1. The summed E-state index contributed by atoms with van der Waals surface area (Å²) in [5.41, 5.74) is 0. The number of benzene rings is 1. The van der Waals surface area contributed by atoms with Crippen LogP contribution < -0.4 is 15.4 Å². The lowest BCUT2D eigenvalue weighted by atomic mass is 10.4. The van der Waals surface area contributed by atoms with Crippen LogP contribution in [-0.4, -0.2) is 38.7 Å². The average molecular weight is 360 g/mol. The molecule has 3 N–H and O–H groups in total. The smallest absolute Gasteiger partial charge is 0.332 e. The van der Waals surface area contributed by atoms with Gasteiger partial charge in [-0.3, -0.25) is 5.32 Å². The Labute approximate surface area is 137 Å². The number of hydrogen-bond donors (Lipinski definition) is 3. The molecule has 1 atom stereocenters. The van der Waals surface area contributed by atoms with Crippen molar-refractivity contribution in [2.24, 2.45) is 9.98 Å². The third-order valence-electron chi connectivity index (χ3n) is 2.60. The lowest BCUT2D eigenvalue weighted by Gasteiger charge is -2.28. The van der Waals surface area contributed by atoms with E-state index in [1.54, 1.807) is 13.0 Å². The van der Waals surface area contributed by atoms with Crippen LogP contribution in [0.25, 0.3) is 0 Å². The molecule has 1 heterocycles. The molecular formula is C12H14ClN5O4S. The van der Waals surface area contributed by atoms with Crippen LogP contribution in [-0.2, 0) is 14.8 Å². The molecule has 9 nitrogen and oxygen atoms in total. The first-order valence-electron chi connectivity index (χ1n) is 6.30. The molecule has 0 aromatic heterocycles. The van der Waals surface area contributed by atoms with E-state index >= 15 is 0 Å². The Morgan fingerprint density at radius 2 is 2.00 bits per heavy atom. The van der Waals surface area contributed by atoms with Gasteiger partial charge < -0.3 is 10.1 Å². The summed E-state index contributed by atoms with van der Waals surface area (Å²) in [6, 6.07) is 6.29. The van der Waals surface area contributed by atoms with Crippen LogP contribution in [0.15, 0.2) is 45.2 Å². The second-order valence-electron chi connectivity index (χ2n) is 4.42. The third-order valence-corrected chi connectivity index (χ3v) is 4.22. The largest absolute Gasteiger partial charge is 0.467 e. The highest BCUT2D eigenvalue weighted by atomic mass is 35.5. The molecule has 1 aliphatic heterocycles. The van der Waals surface area contributed by atoms with Gasteiger partial charge in [0.05, 0.1) is 12.0 Å². The first kappa shape index (κ1) is 17.0. The Balaban J connectivity index is 2.11. The van der Waals surface area contributed by atoms with E-state index in [9.17, 15) is 13.2 Å². The van der Waals surface area contributed by atoms with Gasteiger partial charge in [-0.25, -0.2) is 17.9 Å². The van der Waals surface area contributed by atoms with Crippen molar-refractivity contribution in [2.75, 3.05) is 7.11 Å². The van der Waals surface area contributed by atoms with Gasteiger partial charge in [-0.15, -0.1) is 0 Å². The maximum absolute atomic E-state index is 12.1.